The van der Waals surface area contributed by atoms with Crippen molar-refractivity contribution < 1.29 is 19.1 Å². The number of carbonyl (C=O) groups excluding carboxylic acids is 1. The Morgan fingerprint density at radius 2 is 2.18 bits per heavy atom. The molecule has 0 aliphatic heterocycles. The van der Waals surface area contributed by atoms with Crippen molar-refractivity contribution in [2.45, 2.75) is 13.8 Å². The van der Waals surface area contributed by atoms with Gasteiger partial charge in [0.1, 0.15) is 6.54 Å². The summed E-state index contributed by atoms with van der Waals surface area (Å²) in [6, 6.07) is 1.52. The molecular weight excluding hydrogens is 290 g/mol. The van der Waals surface area contributed by atoms with Gasteiger partial charge in [-0.15, -0.1) is 0 Å². The van der Waals surface area contributed by atoms with Crippen molar-refractivity contribution in [1.82, 2.24) is 4.90 Å². The smallest absolute Gasteiger partial charge is 0.323 e. The Kier molecular flexibility index (Phi) is 4.74. The van der Waals surface area contributed by atoms with Gasteiger partial charge in [0.25, 0.3) is 5.91 Å². The first-order valence-corrected chi connectivity index (χ1v) is 5.95. The van der Waals surface area contributed by atoms with E-state index in [1.54, 1.807) is 0 Å². The Balaban J connectivity index is 2.86. The minimum atomic E-state index is -1.03. The zero-order valence-electron chi connectivity index (χ0n) is 9.64. The quantitative estimate of drug-likeness (QED) is 0.905. The molecule has 0 fully saturated rings. The molecule has 0 aliphatic carbocycles. The highest BCUT2D eigenvalue weighted by molar-refractivity contribution is 9.10. The predicted molar refractivity (Wildman–Crippen MR) is 64.8 cm³/mol. The molecule has 0 aliphatic rings. The Labute approximate surface area is 108 Å². The Hall–Kier alpha value is -1.30. The average Bonchev–Trinajstić information content (AvgIpc) is 2.61. The molecule has 1 rings (SSSR count). The summed E-state index contributed by atoms with van der Waals surface area (Å²) in [4.78, 5) is 24.1. The molecule has 17 heavy (non-hydrogen) atoms. The second kappa shape index (κ2) is 5.86. The largest absolute Gasteiger partial charge is 0.480 e. The number of carboxylic acids is 1. The number of carboxylic acid groups (broad SMARTS) is 1. The Bertz CT molecular complexity index is 413. The van der Waals surface area contributed by atoms with Crippen LogP contribution in [0.25, 0.3) is 0 Å². The molecule has 5 nitrogen and oxygen atoms in total. The fourth-order valence-electron chi connectivity index (χ4n) is 1.44. The fourth-order valence-corrected chi connectivity index (χ4v) is 1.85. The Morgan fingerprint density at radius 3 is 2.59 bits per heavy atom. The molecule has 1 N–H and O–H groups in total. The summed E-state index contributed by atoms with van der Waals surface area (Å²) in [6.45, 7) is 3.93. The van der Waals surface area contributed by atoms with Gasteiger partial charge in [-0.1, -0.05) is 13.8 Å². The summed E-state index contributed by atoms with van der Waals surface area (Å²) in [6.07, 6.45) is 1.38. The van der Waals surface area contributed by atoms with E-state index in [1.165, 1.54) is 17.2 Å². The van der Waals surface area contributed by atoms with Crippen molar-refractivity contribution in [1.29, 1.82) is 0 Å². The highest BCUT2D eigenvalue weighted by Gasteiger charge is 2.22. The highest BCUT2D eigenvalue weighted by Crippen LogP contribution is 2.19. The second-order valence-electron chi connectivity index (χ2n) is 4.08. The minimum Gasteiger partial charge on any atom is -0.480 e. The summed E-state index contributed by atoms with van der Waals surface area (Å²) in [5.74, 6) is -1.18. The van der Waals surface area contributed by atoms with Gasteiger partial charge in [0.2, 0.25) is 0 Å². The summed E-state index contributed by atoms with van der Waals surface area (Å²) in [7, 11) is 0. The summed E-state index contributed by atoms with van der Waals surface area (Å²) < 4.78 is 5.29. The van der Waals surface area contributed by atoms with Crippen LogP contribution in [0.3, 0.4) is 0 Å². The average molecular weight is 304 g/mol. The topological polar surface area (TPSA) is 70.8 Å². The summed E-state index contributed by atoms with van der Waals surface area (Å²) in [5.41, 5.74) is 0.340. The number of halogens is 1. The van der Waals surface area contributed by atoms with Crippen molar-refractivity contribution in [3.63, 3.8) is 0 Å². The van der Waals surface area contributed by atoms with Crippen LogP contribution in [0.5, 0.6) is 0 Å². The molecule has 0 saturated carbocycles. The molecule has 0 atom stereocenters. The molecule has 0 bridgehead atoms. The first kappa shape index (κ1) is 13.8. The van der Waals surface area contributed by atoms with Crippen LogP contribution in [0.2, 0.25) is 0 Å². The zero-order valence-corrected chi connectivity index (χ0v) is 11.2. The van der Waals surface area contributed by atoms with E-state index in [2.05, 4.69) is 15.9 Å². The van der Waals surface area contributed by atoms with Crippen LogP contribution in [0.4, 0.5) is 0 Å². The lowest BCUT2D eigenvalue weighted by molar-refractivity contribution is -0.137. The lowest BCUT2D eigenvalue weighted by Gasteiger charge is -2.22. The normalized spacial score (nSPS) is 10.6. The van der Waals surface area contributed by atoms with Crippen LogP contribution in [0.15, 0.2) is 21.4 Å². The number of rotatable bonds is 5. The minimum absolute atomic E-state index is 0.198. The van der Waals surface area contributed by atoms with E-state index in [0.717, 1.165) is 0 Å². The maximum Gasteiger partial charge on any atom is 0.323 e. The summed E-state index contributed by atoms with van der Waals surface area (Å²) >= 11 is 3.11. The molecule has 6 heteroatoms. The van der Waals surface area contributed by atoms with Crippen LogP contribution < -0.4 is 0 Å². The first-order chi connectivity index (χ1) is 7.91. The molecular formula is C11H14BrNO4. The van der Waals surface area contributed by atoms with Crippen molar-refractivity contribution in [3.05, 3.63) is 22.6 Å². The molecule has 1 heterocycles. The fraction of sp³-hybridized carbons (Fsp3) is 0.455. The second-order valence-corrected chi connectivity index (χ2v) is 4.80. The number of furan rings is 1. The van der Waals surface area contributed by atoms with E-state index >= 15 is 0 Å². The van der Waals surface area contributed by atoms with Gasteiger partial charge in [0.05, 0.1) is 11.8 Å². The van der Waals surface area contributed by atoms with Gasteiger partial charge in [0.15, 0.2) is 4.67 Å². The number of hydrogen-bond acceptors (Lipinski definition) is 3. The molecule has 94 valence electrons. The van der Waals surface area contributed by atoms with Gasteiger partial charge >= 0.3 is 5.97 Å². The van der Waals surface area contributed by atoms with Crippen LogP contribution in [0, 0.1) is 5.92 Å². The van der Waals surface area contributed by atoms with Crippen molar-refractivity contribution in [2.24, 2.45) is 5.92 Å². The first-order valence-electron chi connectivity index (χ1n) is 5.16. The van der Waals surface area contributed by atoms with Crippen molar-refractivity contribution in [3.8, 4) is 0 Å². The van der Waals surface area contributed by atoms with Crippen LogP contribution in [0.1, 0.15) is 24.2 Å². The number of amides is 1. The van der Waals surface area contributed by atoms with E-state index in [-0.39, 0.29) is 18.4 Å². The third-order valence-electron chi connectivity index (χ3n) is 2.05. The third kappa shape index (κ3) is 3.89. The van der Waals surface area contributed by atoms with Gasteiger partial charge in [-0.2, -0.15) is 0 Å². The molecule has 0 radical (unpaired) electrons. The standard InChI is InChI=1S/C11H14BrNO4/c1-7(2)5-13(6-9(14)15)11(16)8-3-4-17-10(8)12/h3-4,7H,5-6H2,1-2H3,(H,14,15). The van der Waals surface area contributed by atoms with E-state index in [4.69, 9.17) is 9.52 Å². The molecule has 0 spiro atoms. The van der Waals surface area contributed by atoms with Crippen molar-refractivity contribution >= 4 is 27.8 Å². The third-order valence-corrected chi connectivity index (χ3v) is 2.66. The van der Waals surface area contributed by atoms with Crippen LogP contribution >= 0.6 is 15.9 Å². The van der Waals surface area contributed by atoms with E-state index in [9.17, 15) is 9.59 Å². The van der Waals surface area contributed by atoms with Gasteiger partial charge in [-0.25, -0.2) is 0 Å². The molecule has 0 unspecified atom stereocenters. The number of aliphatic carboxylic acids is 1. The predicted octanol–water partition coefficient (Wildman–Crippen LogP) is 2.22. The molecule has 0 saturated heterocycles. The van der Waals surface area contributed by atoms with Gasteiger partial charge in [-0.05, 0) is 27.9 Å². The number of carbonyl (C=O) groups is 2. The monoisotopic (exact) mass is 303 g/mol. The Morgan fingerprint density at radius 1 is 1.53 bits per heavy atom. The molecule has 0 aromatic carbocycles. The zero-order chi connectivity index (χ0) is 13.0. The molecule has 1 aromatic rings. The molecule has 1 aromatic heterocycles. The maximum atomic E-state index is 12.1. The number of nitrogens with zero attached hydrogens (tertiary/aromatic N) is 1. The highest BCUT2D eigenvalue weighted by atomic mass is 79.9. The van der Waals surface area contributed by atoms with Crippen LogP contribution in [-0.4, -0.2) is 35.0 Å². The van der Waals surface area contributed by atoms with Gasteiger partial charge in [-0.3, -0.25) is 9.59 Å². The van der Waals surface area contributed by atoms with E-state index in [1.807, 2.05) is 13.8 Å². The lowest BCUT2D eigenvalue weighted by Crippen LogP contribution is -2.38. The lowest BCUT2D eigenvalue weighted by atomic mass is 10.2. The summed E-state index contributed by atoms with van der Waals surface area (Å²) in [5, 5.41) is 8.78. The van der Waals surface area contributed by atoms with Gasteiger partial charge < -0.3 is 14.4 Å². The van der Waals surface area contributed by atoms with Gasteiger partial charge in [0, 0.05) is 6.54 Å². The maximum absolute atomic E-state index is 12.1. The SMILES string of the molecule is CC(C)CN(CC(=O)O)C(=O)c1ccoc1Br. The van der Waals surface area contributed by atoms with Crippen LogP contribution in [-0.2, 0) is 4.79 Å². The molecule has 1 amide bonds. The van der Waals surface area contributed by atoms with E-state index < -0.39 is 5.97 Å². The number of hydrogen-bond donors (Lipinski definition) is 1. The van der Waals surface area contributed by atoms with E-state index in [0.29, 0.717) is 16.8 Å². The van der Waals surface area contributed by atoms with Crippen molar-refractivity contribution in [2.75, 3.05) is 13.1 Å².